The Kier molecular flexibility index (Phi) is 8.66. The van der Waals surface area contributed by atoms with Crippen LogP contribution in [0.5, 0.6) is 0 Å². The Labute approximate surface area is 448 Å². The monoisotopic (exact) mass is 969 g/mol. The smallest absolute Gasteiger partial charge is 0.252 e. The number of benzene rings is 9. The fraction of sp³-hybridized carbons (Fsp3) is 0.217. The highest BCUT2D eigenvalue weighted by molar-refractivity contribution is 7.00. The Morgan fingerprint density at radius 3 is 1.19 bits per heavy atom. The zero-order valence-corrected chi connectivity index (χ0v) is 43.8. The second-order valence-corrected chi connectivity index (χ2v) is 24.3. The van der Waals surface area contributed by atoms with Crippen LogP contribution in [0.4, 0.5) is 34.1 Å². The van der Waals surface area contributed by atoms with Gasteiger partial charge in [-0.25, -0.2) is 0 Å². The lowest BCUT2D eigenvalue weighted by atomic mass is 9.33. The van der Waals surface area contributed by atoms with Crippen molar-refractivity contribution in [3.63, 3.8) is 0 Å². The Morgan fingerprint density at radius 1 is 0.365 bits per heavy atom. The molecular weight excluding hydrogens is 896 g/mol. The third-order valence-electron chi connectivity index (χ3n) is 14.8. The van der Waals surface area contributed by atoms with Crippen molar-refractivity contribution in [2.75, 3.05) is 9.80 Å². The Bertz CT molecular complexity index is 4210. The normalized spacial score (nSPS) is 15.1. The SMILES string of the molecule is [2H]c1c([2H])c([2H])c2c(c1[2H])c1cc(CC(C)(C)C)ccc1n2-c1ccc2c(c1)N(c1ccccc1)c1cc(CC(C)(C)C)cc3c1B2c1ccc(-n2c4ccc(CC(C)(C)C)cc4c4c([2H])c([2H])c([2H])c([2H])c42)cc1N3c1ccccc1. The van der Waals surface area contributed by atoms with Crippen molar-refractivity contribution in [1.29, 1.82) is 0 Å². The average molecular weight is 969 g/mol. The maximum atomic E-state index is 9.54. The molecule has 2 aliphatic heterocycles. The van der Waals surface area contributed by atoms with Crippen LogP contribution >= 0.6 is 0 Å². The molecule has 4 heterocycles. The van der Waals surface area contributed by atoms with Crippen LogP contribution in [-0.2, 0) is 19.3 Å². The molecule has 2 aliphatic rings. The first-order valence-electron chi connectivity index (χ1n) is 30.1. The molecule has 0 spiro atoms. The van der Waals surface area contributed by atoms with Crippen molar-refractivity contribution >= 4 is 101 Å². The number of hydrogen-bond acceptors (Lipinski definition) is 2. The first-order chi connectivity index (χ1) is 38.9. The molecule has 11 aromatic rings. The van der Waals surface area contributed by atoms with Gasteiger partial charge in [-0.3, -0.25) is 0 Å². The molecule has 0 atom stereocenters. The van der Waals surface area contributed by atoms with Crippen molar-refractivity contribution < 1.29 is 11.0 Å². The molecule has 0 aliphatic carbocycles. The van der Waals surface area contributed by atoms with Crippen molar-refractivity contribution in [2.45, 2.75) is 81.6 Å². The molecule has 4 nitrogen and oxygen atoms in total. The third kappa shape index (κ3) is 7.82. The predicted octanol–water partition coefficient (Wildman–Crippen LogP) is 16.7. The van der Waals surface area contributed by atoms with Gasteiger partial charge in [0.05, 0.1) is 33.0 Å². The lowest BCUT2D eigenvalue weighted by Crippen LogP contribution is -2.61. The molecule has 0 saturated carbocycles. The zero-order chi connectivity index (χ0) is 57.8. The number of nitrogens with zero attached hydrogens (tertiary/aromatic N) is 4. The van der Waals surface area contributed by atoms with Gasteiger partial charge in [0.2, 0.25) is 0 Å². The van der Waals surface area contributed by atoms with E-state index in [0.29, 0.717) is 21.8 Å². The van der Waals surface area contributed by atoms with Gasteiger partial charge in [0, 0.05) is 67.0 Å². The van der Waals surface area contributed by atoms with Crippen LogP contribution in [0.15, 0.2) is 194 Å². The maximum absolute atomic E-state index is 9.54. The molecule has 0 bridgehead atoms. The van der Waals surface area contributed by atoms with Crippen molar-refractivity contribution in [2.24, 2.45) is 16.2 Å². The second-order valence-electron chi connectivity index (χ2n) is 24.3. The molecule has 13 rings (SSSR count). The van der Waals surface area contributed by atoms with Crippen molar-refractivity contribution in [3.8, 4) is 11.4 Å². The van der Waals surface area contributed by atoms with Gasteiger partial charge in [0.15, 0.2) is 0 Å². The summed E-state index contributed by atoms with van der Waals surface area (Å²) >= 11 is 0. The highest BCUT2D eigenvalue weighted by Crippen LogP contribution is 2.47. The summed E-state index contributed by atoms with van der Waals surface area (Å²) in [6, 6.07) is 50.1. The number of rotatable bonds is 7. The summed E-state index contributed by atoms with van der Waals surface area (Å²) in [7, 11) is 0. The van der Waals surface area contributed by atoms with Crippen LogP contribution in [0.25, 0.3) is 55.0 Å². The summed E-state index contributed by atoms with van der Waals surface area (Å²) in [6.07, 6.45) is 2.37. The molecule has 74 heavy (non-hydrogen) atoms. The fourth-order valence-corrected chi connectivity index (χ4v) is 12.2. The van der Waals surface area contributed by atoms with E-state index in [1.807, 2.05) is 21.3 Å². The van der Waals surface area contributed by atoms with Gasteiger partial charge in [-0.15, -0.1) is 0 Å². The first kappa shape index (κ1) is 37.9. The van der Waals surface area contributed by atoms with Gasteiger partial charge in [0.1, 0.15) is 0 Å². The number of hydrogen-bond donors (Lipinski definition) is 0. The van der Waals surface area contributed by atoms with Crippen LogP contribution in [-0.4, -0.2) is 15.8 Å². The maximum Gasteiger partial charge on any atom is 0.252 e. The summed E-state index contributed by atoms with van der Waals surface area (Å²) in [6.45, 7) is 19.7. The molecule has 364 valence electrons. The van der Waals surface area contributed by atoms with Crippen LogP contribution in [0.1, 0.15) is 90.0 Å². The summed E-state index contributed by atoms with van der Waals surface area (Å²) in [5.41, 5.74) is 16.4. The molecule has 0 saturated heterocycles. The van der Waals surface area contributed by atoms with E-state index >= 15 is 0 Å². The van der Waals surface area contributed by atoms with Gasteiger partial charge in [-0.2, -0.15) is 0 Å². The quantitative estimate of drug-likeness (QED) is 0.148. The molecule has 2 aromatic heterocycles. The van der Waals surface area contributed by atoms with Crippen LogP contribution in [0.3, 0.4) is 0 Å². The van der Waals surface area contributed by atoms with Crippen LogP contribution in [0, 0.1) is 16.2 Å². The minimum Gasteiger partial charge on any atom is -0.311 e. The Balaban J connectivity index is 1.12. The first-order valence-corrected chi connectivity index (χ1v) is 26.1. The lowest BCUT2D eigenvalue weighted by molar-refractivity contribution is 0.411. The number of aromatic nitrogens is 2. The third-order valence-corrected chi connectivity index (χ3v) is 14.8. The van der Waals surface area contributed by atoms with Gasteiger partial charge in [-0.05, 0) is 166 Å². The fourth-order valence-electron chi connectivity index (χ4n) is 12.2. The van der Waals surface area contributed by atoms with E-state index in [1.54, 1.807) is 0 Å². The van der Waals surface area contributed by atoms with E-state index in [9.17, 15) is 5.48 Å². The average Bonchev–Trinajstić information content (AvgIpc) is 3.82. The Morgan fingerprint density at radius 2 is 0.770 bits per heavy atom. The van der Waals surface area contributed by atoms with Gasteiger partial charge < -0.3 is 18.9 Å². The summed E-state index contributed by atoms with van der Waals surface area (Å²) < 4.78 is 77.7. The molecule has 0 amide bonds. The second kappa shape index (κ2) is 16.9. The Hall–Kier alpha value is -7.76. The molecule has 9 aromatic carbocycles. The topological polar surface area (TPSA) is 16.3 Å². The van der Waals surface area contributed by atoms with E-state index in [1.165, 1.54) is 0 Å². The largest absolute Gasteiger partial charge is 0.311 e. The standard InChI is InChI=1S/C69H65BN4/c1-67(2,3)42-45-28-34-60-54(36-45)52-24-16-18-26-58(52)73(60)50-30-32-56-62(40-50)71(48-20-12-10-13-21-48)64-38-47(44-69(7,8)9)39-65-66(64)70(56)57-33-31-51(41-63(57)72(65)49-22-14-11-15-23-49)74-59-27-19-17-25-53(59)55-37-46(29-35-61(55)74)43-68(4,5)6/h10-41H,42-44H2,1-9H3/i16D,17D,18D,19D,24D,25D,26D,27D. The lowest BCUT2D eigenvalue weighted by Gasteiger charge is -2.45. The van der Waals surface area contributed by atoms with E-state index in [2.05, 4.69) is 206 Å². The van der Waals surface area contributed by atoms with Gasteiger partial charge in [-0.1, -0.05) is 159 Å². The minimum atomic E-state index is -0.299. The van der Waals surface area contributed by atoms with E-state index < -0.39 is 0 Å². The van der Waals surface area contributed by atoms with Crippen LogP contribution < -0.4 is 26.2 Å². The highest BCUT2D eigenvalue weighted by atomic mass is 15.2. The molecule has 5 heteroatoms. The molecule has 0 N–H and O–H groups in total. The molecule has 0 unspecified atom stereocenters. The van der Waals surface area contributed by atoms with E-state index in [-0.39, 0.29) is 71.3 Å². The van der Waals surface area contributed by atoms with E-state index in [4.69, 9.17) is 5.48 Å². The van der Waals surface area contributed by atoms with Gasteiger partial charge in [0.25, 0.3) is 6.71 Å². The predicted molar refractivity (Wildman–Crippen MR) is 319 cm³/mol. The number of anilines is 6. The van der Waals surface area contributed by atoms with Crippen molar-refractivity contribution in [1.82, 2.24) is 9.13 Å². The van der Waals surface area contributed by atoms with Crippen LogP contribution in [0.2, 0.25) is 0 Å². The summed E-state index contributed by atoms with van der Waals surface area (Å²) in [5.74, 6) is 0. The highest BCUT2D eigenvalue weighted by Gasteiger charge is 2.44. The molecular formula is C69H65BN4. The summed E-state index contributed by atoms with van der Waals surface area (Å²) in [4.78, 5) is 4.76. The minimum absolute atomic E-state index is 0.0105. The molecule has 0 fully saturated rings. The van der Waals surface area contributed by atoms with Gasteiger partial charge >= 0.3 is 0 Å². The number of fused-ring (bicyclic) bond motifs is 10. The zero-order valence-electron chi connectivity index (χ0n) is 51.8. The molecule has 0 radical (unpaired) electrons. The van der Waals surface area contributed by atoms with Crippen molar-refractivity contribution in [3.05, 3.63) is 211 Å². The summed E-state index contributed by atoms with van der Waals surface area (Å²) in [5, 5.41) is 2.56. The van der Waals surface area contributed by atoms with E-state index in [0.717, 1.165) is 120 Å². The number of para-hydroxylation sites is 4.